The lowest BCUT2D eigenvalue weighted by Gasteiger charge is -2.26. The Morgan fingerprint density at radius 3 is 2.66 bits per heavy atom. The third kappa shape index (κ3) is 3.08. The van der Waals surface area contributed by atoms with Crippen LogP contribution < -0.4 is 0 Å². The fraction of sp³-hybridized carbons (Fsp3) is 0.500. The van der Waals surface area contributed by atoms with Crippen LogP contribution in [0.2, 0.25) is 0 Å². The van der Waals surface area contributed by atoms with Crippen molar-refractivity contribution >= 4 is 15.7 Å². The minimum atomic E-state index is -3.52. The molecule has 2 fully saturated rings. The number of carbonyl (C=O) groups excluding carboxylic acids is 1. The van der Waals surface area contributed by atoms with Crippen LogP contribution in [-0.4, -0.2) is 80.3 Å². The number of benzene rings is 1. The first-order valence-corrected chi connectivity index (χ1v) is 11.6. The number of hydrogen-bond acceptors (Lipinski definition) is 6. The summed E-state index contributed by atoms with van der Waals surface area (Å²) in [4.78, 5) is 17.5. The fourth-order valence-electron chi connectivity index (χ4n) is 4.56. The monoisotopic (exact) mass is 416 g/mol. The van der Waals surface area contributed by atoms with Crippen molar-refractivity contribution in [2.75, 3.05) is 46.4 Å². The molecule has 5 rings (SSSR count). The Morgan fingerprint density at radius 2 is 1.93 bits per heavy atom. The molecule has 1 atom stereocenters. The molecule has 0 aliphatic carbocycles. The van der Waals surface area contributed by atoms with Crippen molar-refractivity contribution in [3.05, 3.63) is 35.5 Å². The van der Waals surface area contributed by atoms with Gasteiger partial charge in [-0.15, -0.1) is 0 Å². The van der Waals surface area contributed by atoms with Gasteiger partial charge in [-0.05, 0) is 26.1 Å². The largest absolute Gasteiger partial charge is 0.378 e. The topological polar surface area (TPSA) is 84.7 Å². The number of nitrogens with zero attached hydrogens (tertiary/aromatic N) is 4. The number of fused-ring (bicyclic) bond motifs is 3. The van der Waals surface area contributed by atoms with Crippen LogP contribution in [0.25, 0.3) is 11.3 Å². The van der Waals surface area contributed by atoms with E-state index in [1.165, 1.54) is 0 Å². The van der Waals surface area contributed by atoms with E-state index >= 15 is 0 Å². The number of carbonyl (C=O) groups is 1. The summed E-state index contributed by atoms with van der Waals surface area (Å²) in [5.74, 6) is -0.392. The molecule has 1 amide bonds. The highest BCUT2D eigenvalue weighted by Gasteiger charge is 2.39. The van der Waals surface area contributed by atoms with Crippen molar-refractivity contribution in [3.63, 3.8) is 0 Å². The summed E-state index contributed by atoms with van der Waals surface area (Å²) in [6.45, 7) is 3.75. The minimum Gasteiger partial charge on any atom is -0.378 e. The molecule has 1 aromatic carbocycles. The van der Waals surface area contributed by atoms with Crippen molar-refractivity contribution in [1.82, 2.24) is 19.6 Å². The molecular formula is C20H24N4O4S. The highest BCUT2D eigenvalue weighted by atomic mass is 32.2. The maximum absolute atomic E-state index is 13.3. The van der Waals surface area contributed by atoms with Crippen LogP contribution >= 0.6 is 0 Å². The van der Waals surface area contributed by atoms with Gasteiger partial charge in [0.15, 0.2) is 15.5 Å². The first-order chi connectivity index (χ1) is 14.0. The number of aromatic nitrogens is 2. The summed E-state index contributed by atoms with van der Waals surface area (Å²) in [7, 11) is -1.46. The molecule has 9 heteroatoms. The third-order valence-electron chi connectivity index (χ3n) is 6.03. The molecule has 3 aliphatic heterocycles. The standard InChI is InChI=1S/C20H24N4O4S/c1-22-7-6-14(12-22)24-19-15-4-2-3-5-17(15)29(26,27)13-16(19)18(21-24)20(25)23-8-10-28-11-9-23/h2-5,14H,6-13H2,1H3. The quantitative estimate of drug-likeness (QED) is 0.731. The zero-order chi connectivity index (χ0) is 20.2. The molecule has 0 saturated carbocycles. The Kier molecular flexibility index (Phi) is 4.49. The number of amides is 1. The fourth-order valence-corrected chi connectivity index (χ4v) is 6.15. The van der Waals surface area contributed by atoms with Crippen LogP contribution in [0.5, 0.6) is 0 Å². The van der Waals surface area contributed by atoms with Gasteiger partial charge in [0.25, 0.3) is 5.91 Å². The maximum atomic E-state index is 13.3. The first-order valence-electron chi connectivity index (χ1n) is 9.95. The predicted molar refractivity (Wildman–Crippen MR) is 106 cm³/mol. The van der Waals surface area contributed by atoms with Gasteiger partial charge in [-0.25, -0.2) is 8.42 Å². The Morgan fingerprint density at radius 1 is 1.17 bits per heavy atom. The average Bonchev–Trinajstić information content (AvgIpc) is 3.31. The van der Waals surface area contributed by atoms with E-state index in [1.807, 2.05) is 16.8 Å². The van der Waals surface area contributed by atoms with E-state index in [2.05, 4.69) is 11.9 Å². The van der Waals surface area contributed by atoms with Crippen LogP contribution in [0.15, 0.2) is 29.2 Å². The molecule has 0 N–H and O–H groups in total. The molecule has 4 heterocycles. The summed E-state index contributed by atoms with van der Waals surface area (Å²) in [6, 6.07) is 7.17. The smallest absolute Gasteiger partial charge is 0.274 e. The predicted octanol–water partition coefficient (Wildman–Crippen LogP) is 1.19. The van der Waals surface area contributed by atoms with Crippen molar-refractivity contribution in [3.8, 4) is 11.3 Å². The molecule has 1 aromatic heterocycles. The number of ether oxygens (including phenoxy) is 1. The molecule has 2 saturated heterocycles. The lowest BCUT2D eigenvalue weighted by Crippen LogP contribution is -2.41. The van der Waals surface area contributed by atoms with E-state index in [-0.39, 0.29) is 23.4 Å². The minimum absolute atomic E-state index is 0.119. The van der Waals surface area contributed by atoms with E-state index in [9.17, 15) is 13.2 Å². The summed E-state index contributed by atoms with van der Waals surface area (Å²) in [5.41, 5.74) is 2.24. The van der Waals surface area contributed by atoms with Gasteiger partial charge in [0, 0.05) is 30.8 Å². The first kappa shape index (κ1) is 18.8. The normalized spacial score (nSPS) is 23.6. The van der Waals surface area contributed by atoms with Crippen molar-refractivity contribution < 1.29 is 17.9 Å². The van der Waals surface area contributed by atoms with Crippen molar-refractivity contribution in [1.29, 1.82) is 0 Å². The summed E-state index contributed by atoms with van der Waals surface area (Å²) >= 11 is 0. The van der Waals surface area contributed by atoms with E-state index in [1.54, 1.807) is 17.0 Å². The Balaban J connectivity index is 1.69. The Bertz CT molecular complexity index is 1070. The van der Waals surface area contributed by atoms with Gasteiger partial charge < -0.3 is 14.5 Å². The third-order valence-corrected chi connectivity index (χ3v) is 7.73. The summed E-state index contributed by atoms with van der Waals surface area (Å²) < 4.78 is 33.2. The molecular weight excluding hydrogens is 392 g/mol. The second-order valence-corrected chi connectivity index (χ2v) is 9.94. The molecule has 0 radical (unpaired) electrons. The molecule has 0 bridgehead atoms. The number of likely N-dealkylation sites (tertiary alicyclic amines) is 1. The molecule has 3 aliphatic rings. The summed E-state index contributed by atoms with van der Waals surface area (Å²) in [6.07, 6.45) is 0.921. The second kappa shape index (κ2) is 6.93. The lowest BCUT2D eigenvalue weighted by atomic mass is 10.0. The van der Waals surface area contributed by atoms with Crippen LogP contribution in [0, 0.1) is 0 Å². The van der Waals surface area contributed by atoms with E-state index in [0.717, 1.165) is 25.2 Å². The number of morpholine rings is 1. The number of rotatable bonds is 2. The second-order valence-electron chi connectivity index (χ2n) is 7.98. The van der Waals surface area contributed by atoms with Crippen LogP contribution in [0.3, 0.4) is 0 Å². The van der Waals surface area contributed by atoms with Gasteiger partial charge in [0.1, 0.15) is 0 Å². The molecule has 1 unspecified atom stereocenters. The van der Waals surface area contributed by atoms with Gasteiger partial charge in [-0.3, -0.25) is 9.48 Å². The van der Waals surface area contributed by atoms with Crippen molar-refractivity contribution in [2.45, 2.75) is 23.1 Å². The van der Waals surface area contributed by atoms with Gasteiger partial charge in [0.05, 0.1) is 35.6 Å². The summed E-state index contributed by atoms with van der Waals surface area (Å²) in [5, 5.41) is 4.74. The molecule has 154 valence electrons. The van der Waals surface area contributed by atoms with Crippen molar-refractivity contribution in [2.24, 2.45) is 0 Å². The molecule has 8 nitrogen and oxygen atoms in total. The number of sulfone groups is 1. The number of hydrogen-bond donors (Lipinski definition) is 0. The molecule has 2 aromatic rings. The Labute approximate surface area is 170 Å². The van der Waals surface area contributed by atoms with Crippen LogP contribution in [0.4, 0.5) is 0 Å². The Hall–Kier alpha value is -2.23. The zero-order valence-electron chi connectivity index (χ0n) is 16.4. The van der Waals surface area contributed by atoms with Gasteiger partial charge in [-0.2, -0.15) is 5.10 Å². The highest BCUT2D eigenvalue weighted by molar-refractivity contribution is 7.90. The number of likely N-dealkylation sites (N-methyl/N-ethyl adjacent to an activating group) is 1. The van der Waals surface area contributed by atoms with Crippen LogP contribution in [0.1, 0.15) is 28.5 Å². The highest BCUT2D eigenvalue weighted by Crippen LogP contribution is 2.41. The maximum Gasteiger partial charge on any atom is 0.274 e. The van der Waals surface area contributed by atoms with E-state index in [4.69, 9.17) is 9.84 Å². The van der Waals surface area contributed by atoms with Crippen LogP contribution in [-0.2, 0) is 20.3 Å². The lowest BCUT2D eigenvalue weighted by molar-refractivity contribution is 0.0297. The van der Waals surface area contributed by atoms with Gasteiger partial charge in [-0.1, -0.05) is 18.2 Å². The van der Waals surface area contributed by atoms with E-state index < -0.39 is 9.84 Å². The average molecular weight is 417 g/mol. The van der Waals surface area contributed by atoms with E-state index in [0.29, 0.717) is 42.3 Å². The zero-order valence-corrected chi connectivity index (χ0v) is 17.2. The van der Waals surface area contributed by atoms with Gasteiger partial charge >= 0.3 is 0 Å². The van der Waals surface area contributed by atoms with Gasteiger partial charge in [0.2, 0.25) is 0 Å². The molecule has 29 heavy (non-hydrogen) atoms. The SMILES string of the molecule is CN1CCC(n2nc(C(=O)N3CCOCC3)c3c2-c2ccccc2S(=O)(=O)C3)C1. The molecule has 0 spiro atoms.